The van der Waals surface area contributed by atoms with Crippen molar-refractivity contribution in [2.75, 3.05) is 0 Å². The molecular formula is C16H16O3. The monoisotopic (exact) mass is 256 g/mol. The molecule has 2 rings (SSSR count). The van der Waals surface area contributed by atoms with Crippen LogP contribution in [0.5, 0.6) is 5.75 Å². The first-order chi connectivity index (χ1) is 9.06. The molecule has 2 aromatic carbocycles. The second-order valence-corrected chi connectivity index (χ2v) is 4.56. The van der Waals surface area contributed by atoms with Crippen LogP contribution in [0.15, 0.2) is 42.5 Å². The second-order valence-electron chi connectivity index (χ2n) is 4.56. The highest BCUT2D eigenvalue weighted by Crippen LogP contribution is 2.20. The summed E-state index contributed by atoms with van der Waals surface area (Å²) in [4.78, 5) is 10.7. The minimum absolute atomic E-state index is 0.287. The van der Waals surface area contributed by atoms with Gasteiger partial charge in [0, 0.05) is 0 Å². The van der Waals surface area contributed by atoms with Crippen LogP contribution in [0, 0.1) is 13.8 Å². The van der Waals surface area contributed by atoms with E-state index in [1.165, 1.54) is 0 Å². The number of hydrogen-bond acceptors (Lipinski definition) is 2. The number of hydrogen-bond donors (Lipinski definition) is 1. The van der Waals surface area contributed by atoms with Gasteiger partial charge in [0.2, 0.25) is 0 Å². The second kappa shape index (κ2) is 5.57. The van der Waals surface area contributed by atoms with E-state index in [2.05, 4.69) is 0 Å². The van der Waals surface area contributed by atoms with Crippen molar-refractivity contribution in [1.82, 2.24) is 0 Å². The molecule has 3 heteroatoms. The van der Waals surface area contributed by atoms with E-state index in [-0.39, 0.29) is 5.56 Å². The van der Waals surface area contributed by atoms with Gasteiger partial charge >= 0.3 is 5.97 Å². The fourth-order valence-corrected chi connectivity index (χ4v) is 1.77. The Morgan fingerprint density at radius 1 is 1.11 bits per heavy atom. The van der Waals surface area contributed by atoms with Gasteiger partial charge in [0.25, 0.3) is 0 Å². The number of ether oxygens (including phenoxy) is 1. The zero-order valence-electron chi connectivity index (χ0n) is 11.0. The molecule has 0 heterocycles. The summed E-state index contributed by atoms with van der Waals surface area (Å²) in [6, 6.07) is 12.8. The van der Waals surface area contributed by atoms with Crippen LogP contribution in [-0.2, 0) is 6.61 Å². The Kier molecular flexibility index (Phi) is 3.85. The van der Waals surface area contributed by atoms with Crippen LogP contribution >= 0.6 is 0 Å². The topological polar surface area (TPSA) is 46.5 Å². The highest BCUT2D eigenvalue weighted by atomic mass is 16.5. The van der Waals surface area contributed by atoms with Crippen LogP contribution < -0.4 is 4.74 Å². The molecule has 1 N–H and O–H groups in total. The number of rotatable bonds is 4. The number of aromatic carboxylic acids is 1. The van der Waals surface area contributed by atoms with Crippen molar-refractivity contribution in [2.24, 2.45) is 0 Å². The third kappa shape index (κ3) is 3.35. The Morgan fingerprint density at radius 3 is 2.42 bits per heavy atom. The molecule has 0 aromatic heterocycles. The van der Waals surface area contributed by atoms with E-state index in [1.54, 1.807) is 24.3 Å². The average molecular weight is 256 g/mol. The number of aryl methyl sites for hydroxylation is 2. The van der Waals surface area contributed by atoms with Crippen molar-refractivity contribution in [3.63, 3.8) is 0 Å². The molecule has 0 amide bonds. The maximum atomic E-state index is 10.7. The summed E-state index contributed by atoms with van der Waals surface area (Å²) in [6.07, 6.45) is 0. The number of carboxylic acids is 1. The van der Waals surface area contributed by atoms with Crippen molar-refractivity contribution in [1.29, 1.82) is 0 Å². The molecule has 0 unspecified atom stereocenters. The molecule has 0 radical (unpaired) electrons. The highest BCUT2D eigenvalue weighted by Gasteiger charge is 2.03. The van der Waals surface area contributed by atoms with Gasteiger partial charge in [-0.15, -0.1) is 0 Å². The van der Waals surface area contributed by atoms with Crippen molar-refractivity contribution in [3.8, 4) is 5.75 Å². The molecule has 0 spiro atoms. The van der Waals surface area contributed by atoms with Crippen LogP contribution in [0.25, 0.3) is 0 Å². The molecule has 0 aliphatic heterocycles. The van der Waals surface area contributed by atoms with Crippen molar-refractivity contribution < 1.29 is 14.6 Å². The molecule has 0 bridgehead atoms. The molecule has 0 aliphatic carbocycles. The number of carboxylic acid groups (broad SMARTS) is 1. The molecule has 2 aromatic rings. The van der Waals surface area contributed by atoms with Crippen molar-refractivity contribution in [3.05, 3.63) is 64.7 Å². The summed E-state index contributed by atoms with van der Waals surface area (Å²) in [7, 11) is 0. The van der Waals surface area contributed by atoms with Gasteiger partial charge in [-0.25, -0.2) is 4.79 Å². The smallest absolute Gasteiger partial charge is 0.335 e. The van der Waals surface area contributed by atoms with Crippen LogP contribution in [0.1, 0.15) is 27.0 Å². The minimum Gasteiger partial charge on any atom is -0.489 e. The average Bonchev–Trinajstić information content (AvgIpc) is 2.40. The molecular weight excluding hydrogens is 240 g/mol. The van der Waals surface area contributed by atoms with E-state index in [9.17, 15) is 4.79 Å². The molecule has 0 saturated carbocycles. The molecule has 0 fully saturated rings. The number of carbonyl (C=O) groups is 1. The van der Waals surface area contributed by atoms with E-state index < -0.39 is 5.97 Å². The standard InChI is InChI=1S/C16H16O3/c1-11-3-4-12(2)15(9-11)19-10-13-5-7-14(8-6-13)16(17)18/h3-9H,10H2,1-2H3,(H,17,18). The predicted octanol–water partition coefficient (Wildman–Crippen LogP) is 3.58. The SMILES string of the molecule is Cc1ccc(C)c(OCc2ccc(C(=O)O)cc2)c1. The zero-order valence-corrected chi connectivity index (χ0v) is 11.0. The Balaban J connectivity index is 2.06. The fourth-order valence-electron chi connectivity index (χ4n) is 1.77. The van der Waals surface area contributed by atoms with Crippen LogP contribution in [0.3, 0.4) is 0 Å². The van der Waals surface area contributed by atoms with E-state index in [4.69, 9.17) is 9.84 Å². The minimum atomic E-state index is -0.915. The summed E-state index contributed by atoms with van der Waals surface area (Å²) in [5, 5.41) is 8.82. The lowest BCUT2D eigenvalue weighted by Crippen LogP contribution is -1.99. The van der Waals surface area contributed by atoms with Gasteiger partial charge in [0.15, 0.2) is 0 Å². The largest absolute Gasteiger partial charge is 0.489 e. The first-order valence-corrected chi connectivity index (χ1v) is 6.08. The Bertz CT molecular complexity index is 585. The van der Waals surface area contributed by atoms with E-state index in [0.29, 0.717) is 6.61 Å². The molecule has 19 heavy (non-hydrogen) atoms. The summed E-state index contributed by atoms with van der Waals surface area (Å²) < 4.78 is 5.76. The maximum Gasteiger partial charge on any atom is 0.335 e. The van der Waals surface area contributed by atoms with Crippen LogP contribution in [0.4, 0.5) is 0 Å². The van der Waals surface area contributed by atoms with Gasteiger partial charge in [-0.3, -0.25) is 0 Å². The normalized spacial score (nSPS) is 10.2. The third-order valence-corrected chi connectivity index (χ3v) is 2.94. The molecule has 0 atom stereocenters. The maximum absolute atomic E-state index is 10.7. The predicted molar refractivity (Wildman–Crippen MR) is 73.6 cm³/mol. The Labute approximate surface area is 112 Å². The lowest BCUT2D eigenvalue weighted by molar-refractivity contribution is 0.0697. The lowest BCUT2D eigenvalue weighted by Gasteiger charge is -2.10. The zero-order chi connectivity index (χ0) is 13.8. The summed E-state index contributed by atoms with van der Waals surface area (Å²) in [6.45, 7) is 4.46. The van der Waals surface area contributed by atoms with Gasteiger partial charge in [0.1, 0.15) is 12.4 Å². The Hall–Kier alpha value is -2.29. The quantitative estimate of drug-likeness (QED) is 0.909. The first-order valence-electron chi connectivity index (χ1n) is 6.08. The van der Waals surface area contributed by atoms with Crippen molar-refractivity contribution >= 4 is 5.97 Å². The fraction of sp³-hybridized carbons (Fsp3) is 0.188. The first kappa shape index (κ1) is 13.1. The molecule has 98 valence electrons. The van der Waals surface area contributed by atoms with Gasteiger partial charge in [-0.2, -0.15) is 0 Å². The van der Waals surface area contributed by atoms with E-state index >= 15 is 0 Å². The number of benzene rings is 2. The molecule has 0 saturated heterocycles. The molecule has 3 nitrogen and oxygen atoms in total. The van der Waals surface area contributed by atoms with E-state index in [0.717, 1.165) is 22.4 Å². The third-order valence-electron chi connectivity index (χ3n) is 2.94. The summed E-state index contributed by atoms with van der Waals surface area (Å²) in [5.74, 6) is -0.0516. The Morgan fingerprint density at radius 2 is 1.79 bits per heavy atom. The van der Waals surface area contributed by atoms with Crippen LogP contribution in [-0.4, -0.2) is 11.1 Å². The van der Waals surface area contributed by atoms with Crippen LogP contribution in [0.2, 0.25) is 0 Å². The summed E-state index contributed by atoms with van der Waals surface area (Å²) >= 11 is 0. The van der Waals surface area contributed by atoms with Crippen molar-refractivity contribution in [2.45, 2.75) is 20.5 Å². The van der Waals surface area contributed by atoms with Gasteiger partial charge in [-0.1, -0.05) is 24.3 Å². The van der Waals surface area contributed by atoms with Gasteiger partial charge < -0.3 is 9.84 Å². The molecule has 0 aliphatic rings. The summed E-state index contributed by atoms with van der Waals surface area (Å²) in [5.41, 5.74) is 3.48. The highest BCUT2D eigenvalue weighted by molar-refractivity contribution is 5.87. The van der Waals surface area contributed by atoms with E-state index in [1.807, 2.05) is 32.0 Å². The van der Waals surface area contributed by atoms with Gasteiger partial charge in [0.05, 0.1) is 5.56 Å². The van der Waals surface area contributed by atoms with Gasteiger partial charge in [-0.05, 0) is 48.7 Å². The lowest BCUT2D eigenvalue weighted by atomic mass is 10.1.